The molecule has 3 aromatic rings. The van der Waals surface area contributed by atoms with Crippen molar-refractivity contribution in [3.05, 3.63) is 30.4 Å². The van der Waals surface area contributed by atoms with Gasteiger partial charge in [0, 0.05) is 30.1 Å². The first kappa shape index (κ1) is 20.8. The third-order valence-electron chi connectivity index (χ3n) is 5.27. The molecule has 0 unspecified atom stereocenters. The van der Waals surface area contributed by atoms with Crippen molar-refractivity contribution in [1.82, 2.24) is 24.5 Å². The number of fused-ring (bicyclic) bond motifs is 1. The van der Waals surface area contributed by atoms with E-state index in [1.165, 1.54) is 0 Å². The SMILES string of the molecule is CS[C@H]1CCN(c2nccc(Nc3cc4c(cn3)nc(CO)n4C(C)C)n2)C[C@H]1F. The van der Waals surface area contributed by atoms with Crippen molar-refractivity contribution in [3.63, 3.8) is 0 Å². The van der Waals surface area contributed by atoms with Crippen molar-refractivity contribution in [2.45, 2.75) is 44.3 Å². The number of thioether (sulfide) groups is 1. The standard InChI is InChI=1S/C20H26FN7OS/c1-12(2)28-15-8-18(23-9-14(15)24-19(28)11-29)25-17-4-6-22-20(26-17)27-7-5-16(30-3)13(21)10-27/h4,6,8-9,12-13,16,29H,5,7,10-11H2,1-3H3,(H,22,23,25,26)/t13-,16+/m1/s1. The molecule has 30 heavy (non-hydrogen) atoms. The Morgan fingerprint density at radius 2 is 2.13 bits per heavy atom. The zero-order valence-corrected chi connectivity index (χ0v) is 18.1. The summed E-state index contributed by atoms with van der Waals surface area (Å²) in [5.74, 6) is 2.32. The van der Waals surface area contributed by atoms with Gasteiger partial charge in [-0.05, 0) is 32.6 Å². The average Bonchev–Trinajstić information content (AvgIpc) is 3.12. The van der Waals surface area contributed by atoms with Crippen LogP contribution in [0.15, 0.2) is 24.5 Å². The molecule has 2 N–H and O–H groups in total. The Hall–Kier alpha value is -2.46. The smallest absolute Gasteiger partial charge is 0.227 e. The number of nitrogens with zero attached hydrogens (tertiary/aromatic N) is 6. The molecule has 1 aliphatic rings. The number of imidazole rings is 1. The predicted octanol–water partition coefficient (Wildman–Crippen LogP) is 3.32. The van der Waals surface area contributed by atoms with Crippen LogP contribution in [-0.2, 0) is 6.61 Å². The van der Waals surface area contributed by atoms with Gasteiger partial charge in [-0.1, -0.05) is 0 Å². The average molecular weight is 432 g/mol. The predicted molar refractivity (Wildman–Crippen MR) is 118 cm³/mol. The fraction of sp³-hybridized carbons (Fsp3) is 0.500. The van der Waals surface area contributed by atoms with Gasteiger partial charge in [-0.25, -0.2) is 19.3 Å². The lowest BCUT2D eigenvalue weighted by molar-refractivity contribution is 0.263. The first-order valence-electron chi connectivity index (χ1n) is 9.99. The van der Waals surface area contributed by atoms with E-state index in [0.29, 0.717) is 30.0 Å². The topological polar surface area (TPSA) is 92.0 Å². The van der Waals surface area contributed by atoms with E-state index in [1.54, 1.807) is 30.2 Å². The third kappa shape index (κ3) is 4.06. The normalized spacial score (nSPS) is 19.6. The number of hydrogen-bond donors (Lipinski definition) is 2. The third-order valence-corrected chi connectivity index (χ3v) is 6.41. The summed E-state index contributed by atoms with van der Waals surface area (Å²) in [7, 11) is 0. The zero-order chi connectivity index (χ0) is 21.3. The number of aromatic nitrogens is 5. The number of aliphatic hydroxyl groups excluding tert-OH is 1. The highest BCUT2D eigenvalue weighted by atomic mass is 32.2. The summed E-state index contributed by atoms with van der Waals surface area (Å²) in [6.45, 7) is 4.99. The van der Waals surface area contributed by atoms with E-state index in [-0.39, 0.29) is 17.9 Å². The Bertz CT molecular complexity index is 1030. The van der Waals surface area contributed by atoms with Gasteiger partial charge in [-0.15, -0.1) is 0 Å². The number of piperidine rings is 1. The highest BCUT2D eigenvalue weighted by Gasteiger charge is 2.29. The second-order valence-electron chi connectivity index (χ2n) is 7.60. The molecule has 2 atom stereocenters. The fourth-order valence-corrected chi connectivity index (χ4v) is 4.56. The molecular formula is C20H26FN7OS. The van der Waals surface area contributed by atoms with Crippen LogP contribution in [0.25, 0.3) is 11.0 Å². The number of anilines is 3. The quantitative estimate of drug-likeness (QED) is 0.614. The number of halogens is 1. The van der Waals surface area contributed by atoms with Gasteiger partial charge in [0.05, 0.1) is 18.3 Å². The highest BCUT2D eigenvalue weighted by molar-refractivity contribution is 7.99. The highest BCUT2D eigenvalue weighted by Crippen LogP contribution is 2.27. The van der Waals surface area contributed by atoms with Gasteiger partial charge in [-0.2, -0.15) is 16.7 Å². The van der Waals surface area contributed by atoms with Gasteiger partial charge in [-0.3, -0.25) is 0 Å². The van der Waals surface area contributed by atoms with Gasteiger partial charge >= 0.3 is 0 Å². The number of nitrogens with one attached hydrogen (secondary N) is 1. The summed E-state index contributed by atoms with van der Waals surface area (Å²) in [5, 5.41) is 12.9. The van der Waals surface area contributed by atoms with Crippen LogP contribution in [0.4, 0.5) is 22.0 Å². The van der Waals surface area contributed by atoms with Crippen molar-refractivity contribution >= 4 is 40.4 Å². The molecule has 10 heteroatoms. The van der Waals surface area contributed by atoms with Gasteiger partial charge in [0.25, 0.3) is 0 Å². The lowest BCUT2D eigenvalue weighted by Gasteiger charge is -2.33. The van der Waals surface area contributed by atoms with Crippen molar-refractivity contribution in [2.24, 2.45) is 0 Å². The van der Waals surface area contributed by atoms with Crippen molar-refractivity contribution < 1.29 is 9.50 Å². The largest absolute Gasteiger partial charge is 0.388 e. The van der Waals surface area contributed by atoms with Gasteiger partial charge < -0.3 is 19.9 Å². The molecule has 4 rings (SSSR count). The van der Waals surface area contributed by atoms with Crippen LogP contribution in [-0.4, -0.2) is 60.4 Å². The minimum Gasteiger partial charge on any atom is -0.388 e. The van der Waals surface area contributed by atoms with Gasteiger partial charge in [0.1, 0.15) is 35.8 Å². The maximum atomic E-state index is 14.3. The molecule has 0 bridgehead atoms. The van der Waals surface area contributed by atoms with Crippen molar-refractivity contribution in [3.8, 4) is 0 Å². The Morgan fingerprint density at radius 3 is 2.83 bits per heavy atom. The Balaban J connectivity index is 1.57. The van der Waals surface area contributed by atoms with Gasteiger partial charge in [0.15, 0.2) is 0 Å². The molecule has 0 amide bonds. The lowest BCUT2D eigenvalue weighted by atomic mass is 10.1. The van der Waals surface area contributed by atoms with Gasteiger partial charge in [0.2, 0.25) is 5.95 Å². The van der Waals surface area contributed by atoms with Crippen LogP contribution in [0.2, 0.25) is 0 Å². The molecule has 1 fully saturated rings. The van der Waals surface area contributed by atoms with Crippen LogP contribution in [0, 0.1) is 0 Å². The number of aliphatic hydroxyl groups is 1. The van der Waals surface area contributed by atoms with E-state index >= 15 is 0 Å². The summed E-state index contributed by atoms with van der Waals surface area (Å²) in [6, 6.07) is 3.80. The molecule has 160 valence electrons. The first-order chi connectivity index (χ1) is 14.5. The van der Waals surface area contributed by atoms with E-state index in [0.717, 1.165) is 24.0 Å². The van der Waals surface area contributed by atoms with E-state index in [9.17, 15) is 9.50 Å². The minimum atomic E-state index is -0.893. The van der Waals surface area contributed by atoms with Crippen LogP contribution in [0.1, 0.15) is 32.1 Å². The van der Waals surface area contributed by atoms with E-state index in [4.69, 9.17) is 0 Å². The Morgan fingerprint density at radius 1 is 1.30 bits per heavy atom. The van der Waals surface area contributed by atoms with Crippen LogP contribution >= 0.6 is 11.8 Å². The van der Waals surface area contributed by atoms with E-state index in [2.05, 4.69) is 25.3 Å². The fourth-order valence-electron chi connectivity index (χ4n) is 3.84. The molecule has 1 aliphatic heterocycles. The van der Waals surface area contributed by atoms with Crippen molar-refractivity contribution in [2.75, 3.05) is 29.6 Å². The molecule has 3 aromatic heterocycles. The number of hydrogen-bond acceptors (Lipinski definition) is 8. The van der Waals surface area contributed by atoms with E-state index in [1.807, 2.05) is 35.6 Å². The maximum absolute atomic E-state index is 14.3. The summed E-state index contributed by atoms with van der Waals surface area (Å²) in [5.41, 5.74) is 1.62. The molecule has 1 saturated heterocycles. The number of rotatable bonds is 6. The molecule has 0 radical (unpaired) electrons. The second kappa shape index (κ2) is 8.73. The Labute approximate surface area is 179 Å². The summed E-state index contributed by atoms with van der Waals surface area (Å²) in [6.07, 6.45) is 5.17. The monoisotopic (exact) mass is 431 g/mol. The first-order valence-corrected chi connectivity index (χ1v) is 11.3. The maximum Gasteiger partial charge on any atom is 0.227 e. The van der Waals surface area contributed by atoms with Crippen molar-refractivity contribution in [1.29, 1.82) is 0 Å². The lowest BCUT2D eigenvalue weighted by Crippen LogP contribution is -2.44. The zero-order valence-electron chi connectivity index (χ0n) is 17.3. The van der Waals surface area contributed by atoms with Crippen LogP contribution in [0.3, 0.4) is 0 Å². The van der Waals surface area contributed by atoms with Crippen LogP contribution < -0.4 is 10.2 Å². The molecule has 0 spiro atoms. The molecule has 4 heterocycles. The Kier molecular flexibility index (Phi) is 6.05. The van der Waals surface area contributed by atoms with E-state index < -0.39 is 6.17 Å². The summed E-state index contributed by atoms with van der Waals surface area (Å²) < 4.78 is 16.3. The molecule has 0 saturated carbocycles. The van der Waals surface area contributed by atoms with Crippen LogP contribution in [0.5, 0.6) is 0 Å². The summed E-state index contributed by atoms with van der Waals surface area (Å²) >= 11 is 1.58. The molecule has 0 aromatic carbocycles. The molecular weight excluding hydrogens is 405 g/mol. The molecule has 0 aliphatic carbocycles. The number of alkyl halides is 1. The molecule has 8 nitrogen and oxygen atoms in total. The minimum absolute atomic E-state index is 0.0353. The second-order valence-corrected chi connectivity index (χ2v) is 8.68. The number of pyridine rings is 1. The summed E-state index contributed by atoms with van der Waals surface area (Å²) in [4.78, 5) is 19.7.